The Morgan fingerprint density at radius 2 is 1.79 bits per heavy atom. The molecule has 0 saturated heterocycles. The Hall–Kier alpha value is -2.77. The highest BCUT2D eigenvalue weighted by molar-refractivity contribution is 5.96. The molecule has 29 heavy (non-hydrogen) atoms. The Bertz CT molecular complexity index is 902. The van der Waals surface area contributed by atoms with Crippen LogP contribution in [-0.2, 0) is 6.54 Å². The van der Waals surface area contributed by atoms with Gasteiger partial charge in [0.15, 0.2) is 5.75 Å². The van der Waals surface area contributed by atoms with Gasteiger partial charge in [0, 0.05) is 12.2 Å². The Morgan fingerprint density at radius 3 is 2.38 bits per heavy atom. The van der Waals surface area contributed by atoms with Crippen molar-refractivity contribution in [1.82, 2.24) is 9.88 Å². The second kappa shape index (κ2) is 8.71. The Kier molecular flexibility index (Phi) is 6.30. The minimum Gasteiger partial charge on any atom is -0.491 e. The second-order valence-electron chi connectivity index (χ2n) is 7.24. The van der Waals surface area contributed by atoms with E-state index in [-0.39, 0.29) is 17.4 Å². The van der Waals surface area contributed by atoms with Crippen molar-refractivity contribution in [2.45, 2.75) is 50.4 Å². The Labute approximate surface area is 166 Å². The van der Waals surface area contributed by atoms with Gasteiger partial charge in [0.1, 0.15) is 6.54 Å². The normalized spacial score (nSPS) is 19.6. The largest absolute Gasteiger partial charge is 0.491 e. The number of benzene rings is 1. The van der Waals surface area contributed by atoms with Gasteiger partial charge in [-0.25, -0.2) is 0 Å². The Morgan fingerprint density at radius 1 is 1.14 bits per heavy atom. The molecule has 156 valence electrons. The van der Waals surface area contributed by atoms with Crippen molar-refractivity contribution >= 4 is 5.91 Å². The number of aromatic nitrogens is 1. The first kappa shape index (κ1) is 21.0. The molecule has 1 aliphatic carbocycles. The summed E-state index contributed by atoms with van der Waals surface area (Å²) in [7, 11) is 1.16. The summed E-state index contributed by atoms with van der Waals surface area (Å²) in [6.45, 7) is -1.44. The monoisotopic (exact) mass is 408 g/mol. The van der Waals surface area contributed by atoms with E-state index in [2.05, 4.69) is 17.4 Å². The molecule has 3 rings (SSSR count). The number of halogens is 3. The maximum atomic E-state index is 12.6. The molecule has 8 heteroatoms. The number of hydrogen-bond donors (Lipinski definition) is 1. The van der Waals surface area contributed by atoms with Crippen LogP contribution in [-0.4, -0.2) is 29.8 Å². The summed E-state index contributed by atoms with van der Waals surface area (Å²) >= 11 is 0. The Balaban J connectivity index is 1.67. The fourth-order valence-electron chi connectivity index (χ4n) is 3.81. The lowest BCUT2D eigenvalue weighted by atomic mass is 9.82. The van der Waals surface area contributed by atoms with Gasteiger partial charge in [-0.3, -0.25) is 9.59 Å². The molecular formula is C21H23F3N2O3. The van der Waals surface area contributed by atoms with Crippen LogP contribution in [0.2, 0.25) is 0 Å². The third kappa shape index (κ3) is 5.19. The molecule has 1 aliphatic rings. The van der Waals surface area contributed by atoms with E-state index in [1.54, 1.807) is 0 Å². The first-order chi connectivity index (χ1) is 13.8. The van der Waals surface area contributed by atoms with E-state index in [1.165, 1.54) is 11.6 Å². The van der Waals surface area contributed by atoms with E-state index in [0.717, 1.165) is 39.0 Å². The maximum Gasteiger partial charge on any atom is 0.406 e. The van der Waals surface area contributed by atoms with Crippen molar-refractivity contribution in [1.29, 1.82) is 0 Å². The molecule has 0 atom stereocenters. The van der Waals surface area contributed by atoms with E-state index in [4.69, 9.17) is 4.74 Å². The third-order valence-corrected chi connectivity index (χ3v) is 5.25. The maximum absolute atomic E-state index is 12.6. The van der Waals surface area contributed by atoms with Gasteiger partial charge in [0.2, 0.25) is 0 Å². The molecule has 1 N–H and O–H groups in total. The standard InChI is InChI=1S/C21H23F3N2O3/c1-29-18-17(11-12-26(20(18)28)13-21(22,23)24)19(27)25-16-9-7-15(8-10-16)14-5-3-2-4-6-14/h2-6,11-12,15-16H,7-10,13H2,1H3,(H,25,27). The fourth-order valence-corrected chi connectivity index (χ4v) is 3.81. The van der Waals surface area contributed by atoms with Gasteiger partial charge in [-0.05, 0) is 43.2 Å². The molecule has 5 nitrogen and oxygen atoms in total. The lowest BCUT2D eigenvalue weighted by Crippen LogP contribution is -2.38. The van der Waals surface area contributed by atoms with Gasteiger partial charge in [0.25, 0.3) is 11.5 Å². The third-order valence-electron chi connectivity index (χ3n) is 5.25. The number of nitrogens with one attached hydrogen (secondary N) is 1. The lowest BCUT2D eigenvalue weighted by Gasteiger charge is -2.29. The summed E-state index contributed by atoms with van der Waals surface area (Å²) in [6, 6.07) is 11.3. The van der Waals surface area contributed by atoms with Gasteiger partial charge in [-0.1, -0.05) is 30.3 Å². The highest BCUT2D eigenvalue weighted by atomic mass is 19.4. The van der Waals surface area contributed by atoms with Crippen LogP contribution >= 0.6 is 0 Å². The first-order valence-electron chi connectivity index (χ1n) is 9.48. The molecule has 1 amide bonds. The number of alkyl halides is 3. The predicted octanol–water partition coefficient (Wildman–Crippen LogP) is 3.88. The smallest absolute Gasteiger partial charge is 0.406 e. The van der Waals surface area contributed by atoms with Crippen LogP contribution in [0.15, 0.2) is 47.4 Å². The topological polar surface area (TPSA) is 60.3 Å². The number of hydrogen-bond acceptors (Lipinski definition) is 3. The molecule has 0 radical (unpaired) electrons. The van der Waals surface area contributed by atoms with E-state index in [0.29, 0.717) is 10.5 Å². The number of pyridine rings is 1. The molecule has 0 spiro atoms. The number of carbonyl (C=O) groups is 1. The van der Waals surface area contributed by atoms with Crippen molar-refractivity contribution in [3.05, 3.63) is 64.1 Å². The van der Waals surface area contributed by atoms with Gasteiger partial charge < -0.3 is 14.6 Å². The first-order valence-corrected chi connectivity index (χ1v) is 9.48. The highest BCUT2D eigenvalue weighted by Gasteiger charge is 2.30. The molecule has 1 fully saturated rings. The summed E-state index contributed by atoms with van der Waals surface area (Å²) in [5.74, 6) is -0.446. The average molecular weight is 408 g/mol. The van der Waals surface area contributed by atoms with Gasteiger partial charge >= 0.3 is 6.18 Å². The van der Waals surface area contributed by atoms with Crippen LogP contribution in [0, 0.1) is 0 Å². The molecule has 1 aromatic heterocycles. The highest BCUT2D eigenvalue weighted by Crippen LogP contribution is 2.33. The molecule has 0 bridgehead atoms. The minimum absolute atomic E-state index is 0.0511. The van der Waals surface area contributed by atoms with Crippen LogP contribution < -0.4 is 15.6 Å². The van der Waals surface area contributed by atoms with E-state index >= 15 is 0 Å². The number of amides is 1. The van der Waals surface area contributed by atoms with Crippen molar-refractivity contribution in [2.24, 2.45) is 0 Å². The number of rotatable bonds is 5. The average Bonchev–Trinajstić information content (AvgIpc) is 2.69. The van der Waals surface area contributed by atoms with E-state index in [9.17, 15) is 22.8 Å². The van der Waals surface area contributed by atoms with Gasteiger partial charge in [-0.2, -0.15) is 13.2 Å². The van der Waals surface area contributed by atoms with Crippen LogP contribution in [0.3, 0.4) is 0 Å². The van der Waals surface area contributed by atoms with Crippen LogP contribution in [0.25, 0.3) is 0 Å². The van der Waals surface area contributed by atoms with E-state index in [1.807, 2.05) is 18.2 Å². The number of methoxy groups -OCH3 is 1. The summed E-state index contributed by atoms with van der Waals surface area (Å²) in [4.78, 5) is 24.9. The lowest BCUT2D eigenvalue weighted by molar-refractivity contribution is -0.141. The minimum atomic E-state index is -4.55. The van der Waals surface area contributed by atoms with Crippen molar-refractivity contribution in [3.8, 4) is 5.75 Å². The molecule has 0 unspecified atom stereocenters. The van der Waals surface area contributed by atoms with Crippen molar-refractivity contribution in [2.75, 3.05) is 7.11 Å². The molecule has 1 heterocycles. The van der Waals surface area contributed by atoms with Crippen LogP contribution in [0.4, 0.5) is 13.2 Å². The zero-order chi connectivity index (χ0) is 21.0. The quantitative estimate of drug-likeness (QED) is 0.817. The fraction of sp³-hybridized carbons (Fsp3) is 0.429. The zero-order valence-electron chi connectivity index (χ0n) is 16.0. The molecule has 1 saturated carbocycles. The molecular weight excluding hydrogens is 385 g/mol. The summed E-state index contributed by atoms with van der Waals surface area (Å²) in [5, 5.41) is 2.89. The predicted molar refractivity (Wildman–Crippen MR) is 102 cm³/mol. The summed E-state index contributed by atoms with van der Waals surface area (Å²) < 4.78 is 43.2. The summed E-state index contributed by atoms with van der Waals surface area (Å²) in [6.07, 6.45) is -0.133. The van der Waals surface area contributed by atoms with Gasteiger partial charge in [-0.15, -0.1) is 0 Å². The second-order valence-corrected chi connectivity index (χ2v) is 7.24. The van der Waals surface area contributed by atoms with E-state index < -0.39 is 24.2 Å². The zero-order valence-corrected chi connectivity index (χ0v) is 16.0. The van der Waals surface area contributed by atoms with Crippen molar-refractivity contribution < 1.29 is 22.7 Å². The summed E-state index contributed by atoms with van der Waals surface area (Å²) in [5.41, 5.74) is 0.249. The number of carbonyl (C=O) groups excluding carboxylic acids is 1. The molecule has 1 aromatic carbocycles. The van der Waals surface area contributed by atoms with Crippen molar-refractivity contribution in [3.63, 3.8) is 0 Å². The van der Waals surface area contributed by atoms with Crippen LogP contribution in [0.5, 0.6) is 5.75 Å². The van der Waals surface area contributed by atoms with Gasteiger partial charge in [0.05, 0.1) is 12.7 Å². The number of ether oxygens (including phenoxy) is 1. The SMILES string of the molecule is COc1c(C(=O)NC2CCC(c3ccccc3)CC2)ccn(CC(F)(F)F)c1=O. The van der Waals surface area contributed by atoms with Crippen LogP contribution in [0.1, 0.15) is 47.5 Å². The molecule has 0 aliphatic heterocycles. The number of nitrogens with zero attached hydrogens (tertiary/aromatic N) is 1. The molecule has 2 aromatic rings.